The Bertz CT molecular complexity index is 493. The zero-order valence-corrected chi connectivity index (χ0v) is 11.5. The van der Waals surface area contributed by atoms with Crippen molar-refractivity contribution in [1.82, 2.24) is 5.32 Å². The first-order chi connectivity index (χ1) is 8.79. The van der Waals surface area contributed by atoms with Crippen molar-refractivity contribution >= 4 is 5.91 Å². The first-order valence-corrected chi connectivity index (χ1v) is 6.56. The number of benzene rings is 1. The van der Waals surface area contributed by atoms with Crippen molar-refractivity contribution in [3.63, 3.8) is 0 Å². The van der Waals surface area contributed by atoms with Crippen LogP contribution in [0.3, 0.4) is 0 Å². The van der Waals surface area contributed by atoms with Crippen molar-refractivity contribution in [2.24, 2.45) is 0 Å². The van der Waals surface area contributed by atoms with Crippen molar-refractivity contribution in [2.45, 2.75) is 51.2 Å². The maximum atomic E-state index is 14.0. The van der Waals surface area contributed by atoms with E-state index in [0.717, 1.165) is 5.56 Å². The highest BCUT2D eigenvalue weighted by molar-refractivity contribution is 5.77. The number of aliphatic hydroxyl groups excluding tert-OH is 1. The summed E-state index contributed by atoms with van der Waals surface area (Å²) >= 11 is 0. The van der Waals surface area contributed by atoms with Gasteiger partial charge in [0.2, 0.25) is 5.91 Å². The lowest BCUT2D eigenvalue weighted by Crippen LogP contribution is -2.43. The molecule has 1 aromatic rings. The Kier molecular flexibility index (Phi) is 3.63. The second-order valence-electron chi connectivity index (χ2n) is 6.14. The Hall–Kier alpha value is -1.42. The van der Waals surface area contributed by atoms with Crippen LogP contribution in [0.15, 0.2) is 18.2 Å². The average molecular weight is 265 g/mol. The third kappa shape index (κ3) is 2.95. The number of carbonyl (C=O) groups is 1. The van der Waals surface area contributed by atoms with E-state index in [1.165, 1.54) is 6.07 Å². The number of nitrogens with one attached hydrogen (secondary N) is 1. The molecule has 1 saturated heterocycles. The zero-order chi connectivity index (χ0) is 14.2. The molecule has 2 unspecified atom stereocenters. The molecule has 104 valence electrons. The van der Waals surface area contributed by atoms with Gasteiger partial charge in [-0.15, -0.1) is 0 Å². The van der Waals surface area contributed by atoms with Gasteiger partial charge in [0.15, 0.2) is 0 Å². The monoisotopic (exact) mass is 265 g/mol. The number of aliphatic hydroxyl groups is 1. The summed E-state index contributed by atoms with van der Waals surface area (Å²) in [5.41, 5.74) is 1.43. The molecule has 1 amide bonds. The summed E-state index contributed by atoms with van der Waals surface area (Å²) in [7, 11) is 0. The third-order valence-corrected chi connectivity index (χ3v) is 3.63. The molecule has 1 aliphatic rings. The van der Waals surface area contributed by atoms with E-state index in [1.54, 1.807) is 12.1 Å². The molecule has 0 radical (unpaired) electrons. The molecule has 0 spiro atoms. The van der Waals surface area contributed by atoms with Crippen LogP contribution in [0.4, 0.5) is 4.39 Å². The second kappa shape index (κ2) is 4.93. The first kappa shape index (κ1) is 14.0. The number of halogens is 1. The van der Waals surface area contributed by atoms with Crippen molar-refractivity contribution < 1.29 is 14.3 Å². The van der Waals surface area contributed by atoms with Crippen LogP contribution in [0, 0.1) is 5.82 Å². The SMILES string of the molecule is CC(C)(C)c1ccc(F)c(C2CCC(=O)NC2O)c1. The van der Waals surface area contributed by atoms with Gasteiger partial charge >= 0.3 is 0 Å². The largest absolute Gasteiger partial charge is 0.373 e. The van der Waals surface area contributed by atoms with Crippen LogP contribution in [0.2, 0.25) is 0 Å². The predicted molar refractivity (Wildman–Crippen MR) is 71.2 cm³/mol. The van der Waals surface area contributed by atoms with Gasteiger partial charge in [0.25, 0.3) is 0 Å². The first-order valence-electron chi connectivity index (χ1n) is 6.56. The predicted octanol–water partition coefficient (Wildman–Crippen LogP) is 2.44. The minimum absolute atomic E-state index is 0.0781. The molecule has 2 N–H and O–H groups in total. The van der Waals surface area contributed by atoms with Gasteiger partial charge in [0.1, 0.15) is 12.0 Å². The van der Waals surface area contributed by atoms with E-state index in [9.17, 15) is 14.3 Å². The van der Waals surface area contributed by atoms with Gasteiger partial charge in [-0.3, -0.25) is 4.79 Å². The lowest BCUT2D eigenvalue weighted by molar-refractivity contribution is -0.127. The lowest BCUT2D eigenvalue weighted by atomic mass is 9.82. The van der Waals surface area contributed by atoms with Crippen LogP contribution in [0.1, 0.15) is 50.7 Å². The zero-order valence-electron chi connectivity index (χ0n) is 11.5. The Labute approximate surface area is 112 Å². The molecule has 1 fully saturated rings. The quantitative estimate of drug-likeness (QED) is 0.819. The minimum atomic E-state index is -1.01. The van der Waals surface area contributed by atoms with Gasteiger partial charge in [0.05, 0.1) is 0 Å². The van der Waals surface area contributed by atoms with Gasteiger partial charge in [0, 0.05) is 12.3 Å². The summed E-state index contributed by atoms with van der Waals surface area (Å²) in [6.07, 6.45) is -0.218. The van der Waals surface area contributed by atoms with E-state index in [4.69, 9.17) is 0 Å². The van der Waals surface area contributed by atoms with Gasteiger partial charge in [-0.05, 0) is 29.0 Å². The Morgan fingerprint density at radius 2 is 2.05 bits per heavy atom. The molecule has 2 rings (SSSR count). The number of rotatable bonds is 1. The smallest absolute Gasteiger partial charge is 0.222 e. The van der Waals surface area contributed by atoms with Gasteiger partial charge in [-0.25, -0.2) is 4.39 Å². The molecule has 1 aromatic carbocycles. The maximum absolute atomic E-state index is 14.0. The number of piperidine rings is 1. The molecule has 4 heteroatoms. The van der Waals surface area contributed by atoms with Crippen LogP contribution in [0.5, 0.6) is 0 Å². The van der Waals surface area contributed by atoms with E-state index in [2.05, 4.69) is 26.1 Å². The highest BCUT2D eigenvalue weighted by Crippen LogP contribution is 2.32. The molecule has 3 nitrogen and oxygen atoms in total. The molecular weight excluding hydrogens is 245 g/mol. The lowest BCUT2D eigenvalue weighted by Gasteiger charge is -2.30. The molecule has 1 aliphatic heterocycles. The van der Waals surface area contributed by atoms with Crippen LogP contribution in [-0.4, -0.2) is 17.2 Å². The summed E-state index contributed by atoms with van der Waals surface area (Å²) in [4.78, 5) is 11.2. The van der Waals surface area contributed by atoms with Crippen molar-refractivity contribution in [2.75, 3.05) is 0 Å². The molecule has 0 saturated carbocycles. The Morgan fingerprint density at radius 1 is 1.37 bits per heavy atom. The molecule has 19 heavy (non-hydrogen) atoms. The Morgan fingerprint density at radius 3 is 2.63 bits per heavy atom. The van der Waals surface area contributed by atoms with E-state index < -0.39 is 6.23 Å². The van der Waals surface area contributed by atoms with Crippen molar-refractivity contribution in [3.05, 3.63) is 35.1 Å². The van der Waals surface area contributed by atoms with Crippen LogP contribution < -0.4 is 5.32 Å². The number of hydrogen-bond acceptors (Lipinski definition) is 2. The third-order valence-electron chi connectivity index (χ3n) is 3.63. The molecule has 0 bridgehead atoms. The number of carbonyl (C=O) groups excluding carboxylic acids is 1. The summed E-state index contributed by atoms with van der Waals surface area (Å²) < 4.78 is 14.0. The fourth-order valence-corrected chi connectivity index (χ4v) is 2.40. The minimum Gasteiger partial charge on any atom is -0.373 e. The fraction of sp³-hybridized carbons (Fsp3) is 0.533. The van der Waals surface area contributed by atoms with Gasteiger partial charge < -0.3 is 10.4 Å². The topological polar surface area (TPSA) is 49.3 Å². The summed E-state index contributed by atoms with van der Waals surface area (Å²) in [6.45, 7) is 6.18. The average Bonchev–Trinajstić information content (AvgIpc) is 2.29. The number of amides is 1. The van der Waals surface area contributed by atoms with Crippen LogP contribution in [0.25, 0.3) is 0 Å². The normalized spacial score (nSPS) is 24.2. The van der Waals surface area contributed by atoms with Crippen LogP contribution >= 0.6 is 0 Å². The number of hydrogen-bond donors (Lipinski definition) is 2. The van der Waals surface area contributed by atoms with E-state index in [-0.39, 0.29) is 23.1 Å². The van der Waals surface area contributed by atoms with Crippen LogP contribution in [-0.2, 0) is 10.2 Å². The highest BCUT2D eigenvalue weighted by atomic mass is 19.1. The van der Waals surface area contributed by atoms with E-state index in [0.29, 0.717) is 18.4 Å². The second-order valence-corrected chi connectivity index (χ2v) is 6.14. The maximum Gasteiger partial charge on any atom is 0.222 e. The highest BCUT2D eigenvalue weighted by Gasteiger charge is 2.30. The van der Waals surface area contributed by atoms with Gasteiger partial charge in [-0.1, -0.05) is 32.9 Å². The molecule has 1 heterocycles. The van der Waals surface area contributed by atoms with E-state index >= 15 is 0 Å². The standard InChI is InChI=1S/C15H20FNO2/c1-15(2,3)9-4-6-12(16)11(8-9)10-5-7-13(18)17-14(10)19/h4,6,8,10,14,19H,5,7H2,1-3H3,(H,17,18). The Balaban J connectivity index is 2.36. The summed E-state index contributed by atoms with van der Waals surface area (Å²) in [5, 5.41) is 12.4. The van der Waals surface area contributed by atoms with Crippen molar-refractivity contribution in [1.29, 1.82) is 0 Å². The van der Waals surface area contributed by atoms with Crippen molar-refractivity contribution in [3.8, 4) is 0 Å². The summed E-state index contributed by atoms with van der Waals surface area (Å²) in [5.74, 6) is -0.885. The molecule has 0 aromatic heterocycles. The molecule has 2 atom stereocenters. The molecular formula is C15H20FNO2. The summed E-state index contributed by atoms with van der Waals surface area (Å²) in [6, 6.07) is 5.02. The molecule has 0 aliphatic carbocycles. The van der Waals surface area contributed by atoms with Gasteiger partial charge in [-0.2, -0.15) is 0 Å². The fourth-order valence-electron chi connectivity index (χ4n) is 2.40. The van der Waals surface area contributed by atoms with E-state index in [1.807, 2.05) is 0 Å².